The highest BCUT2D eigenvalue weighted by atomic mass is 16.5. The first kappa shape index (κ1) is 22.7. The van der Waals surface area contributed by atoms with Crippen LogP contribution in [0.25, 0.3) is 6.08 Å². The summed E-state index contributed by atoms with van der Waals surface area (Å²) >= 11 is 0. The zero-order valence-electron chi connectivity index (χ0n) is 19.7. The van der Waals surface area contributed by atoms with Crippen molar-refractivity contribution >= 4 is 6.08 Å². The van der Waals surface area contributed by atoms with Gasteiger partial charge in [-0.25, -0.2) is 0 Å². The minimum Gasteiger partial charge on any atom is -0.493 e. The van der Waals surface area contributed by atoms with Gasteiger partial charge in [-0.05, 0) is 65.4 Å². The molecule has 1 aliphatic rings. The fraction of sp³-hybridized carbons (Fsp3) is 0.286. The molecule has 0 fully saturated rings. The molecule has 0 spiro atoms. The molecule has 1 heterocycles. The molecule has 1 aliphatic heterocycles. The summed E-state index contributed by atoms with van der Waals surface area (Å²) in [5.41, 5.74) is 5.83. The van der Waals surface area contributed by atoms with E-state index in [1.165, 1.54) is 11.1 Å². The van der Waals surface area contributed by atoms with Crippen molar-refractivity contribution in [2.24, 2.45) is 0 Å². The standard InChI is InChI=1S/C28H31NO4/c1-19-14-25(30-2)26(31-3)15-21(19)10-11-24-23-17-27(32-4)28(16-22(23)12-13-29-24)33-18-20-8-6-5-7-9-20/h5-11,14-17,24,29H,12-13,18H2,1-4H3. The van der Waals surface area contributed by atoms with E-state index in [4.69, 9.17) is 18.9 Å². The second kappa shape index (κ2) is 10.5. The van der Waals surface area contributed by atoms with Crippen molar-refractivity contribution in [1.29, 1.82) is 0 Å². The van der Waals surface area contributed by atoms with Crippen molar-refractivity contribution in [3.8, 4) is 23.0 Å². The topological polar surface area (TPSA) is 49.0 Å². The molecular weight excluding hydrogens is 414 g/mol. The zero-order chi connectivity index (χ0) is 23.2. The third-order valence-corrected chi connectivity index (χ3v) is 6.00. The zero-order valence-corrected chi connectivity index (χ0v) is 19.7. The van der Waals surface area contributed by atoms with E-state index in [0.717, 1.165) is 52.7 Å². The van der Waals surface area contributed by atoms with Crippen LogP contribution in [0.3, 0.4) is 0 Å². The Balaban J connectivity index is 1.58. The van der Waals surface area contributed by atoms with E-state index in [1.807, 2.05) is 30.3 Å². The lowest BCUT2D eigenvalue weighted by atomic mass is 9.92. The molecule has 0 saturated heterocycles. The smallest absolute Gasteiger partial charge is 0.161 e. The first-order valence-corrected chi connectivity index (χ1v) is 11.1. The molecule has 1 atom stereocenters. The third-order valence-electron chi connectivity index (χ3n) is 6.00. The molecule has 0 amide bonds. The Kier molecular flexibility index (Phi) is 7.20. The highest BCUT2D eigenvalue weighted by Gasteiger charge is 2.21. The second-order valence-electron chi connectivity index (χ2n) is 8.08. The van der Waals surface area contributed by atoms with Crippen molar-refractivity contribution in [3.63, 3.8) is 0 Å². The summed E-state index contributed by atoms with van der Waals surface area (Å²) in [6.45, 7) is 3.48. The Hall–Kier alpha value is -3.44. The Morgan fingerprint density at radius 2 is 1.58 bits per heavy atom. The van der Waals surface area contributed by atoms with Crippen LogP contribution in [0.5, 0.6) is 23.0 Å². The van der Waals surface area contributed by atoms with Crippen LogP contribution < -0.4 is 24.3 Å². The van der Waals surface area contributed by atoms with E-state index in [0.29, 0.717) is 6.61 Å². The predicted octanol–water partition coefficient (Wildman–Crippen LogP) is 5.50. The van der Waals surface area contributed by atoms with E-state index in [2.05, 4.69) is 48.7 Å². The van der Waals surface area contributed by atoms with Gasteiger partial charge in [-0.3, -0.25) is 0 Å². The number of benzene rings is 3. The van der Waals surface area contributed by atoms with Gasteiger partial charge < -0.3 is 24.3 Å². The van der Waals surface area contributed by atoms with Crippen LogP contribution in [0.15, 0.2) is 60.7 Å². The van der Waals surface area contributed by atoms with E-state index in [1.54, 1.807) is 21.3 Å². The number of fused-ring (bicyclic) bond motifs is 1. The molecule has 0 bridgehead atoms. The van der Waals surface area contributed by atoms with Crippen molar-refractivity contribution in [3.05, 3.63) is 88.5 Å². The van der Waals surface area contributed by atoms with Gasteiger partial charge in [0.25, 0.3) is 0 Å². The number of methoxy groups -OCH3 is 3. The maximum atomic E-state index is 6.12. The number of aryl methyl sites for hydroxylation is 1. The minimum absolute atomic E-state index is 0.0818. The van der Waals surface area contributed by atoms with Crippen LogP contribution >= 0.6 is 0 Å². The highest BCUT2D eigenvalue weighted by Crippen LogP contribution is 2.37. The number of hydrogen-bond acceptors (Lipinski definition) is 5. The van der Waals surface area contributed by atoms with Gasteiger partial charge >= 0.3 is 0 Å². The SMILES string of the molecule is COc1cc(C)c(C=CC2NCCc3cc(OCc4ccccc4)c(OC)cc32)cc1OC. The average Bonchev–Trinajstić information content (AvgIpc) is 2.86. The molecule has 0 aliphatic carbocycles. The predicted molar refractivity (Wildman–Crippen MR) is 132 cm³/mol. The van der Waals surface area contributed by atoms with Crippen LogP contribution in [-0.4, -0.2) is 27.9 Å². The Morgan fingerprint density at radius 1 is 0.879 bits per heavy atom. The minimum atomic E-state index is 0.0818. The lowest BCUT2D eigenvalue weighted by Crippen LogP contribution is -2.28. The van der Waals surface area contributed by atoms with E-state index in [-0.39, 0.29) is 6.04 Å². The summed E-state index contributed by atoms with van der Waals surface area (Å²) in [6, 6.07) is 18.5. The van der Waals surface area contributed by atoms with Gasteiger partial charge in [0.1, 0.15) is 6.61 Å². The highest BCUT2D eigenvalue weighted by molar-refractivity contribution is 5.61. The Labute approximate surface area is 196 Å². The lowest BCUT2D eigenvalue weighted by Gasteiger charge is -2.26. The fourth-order valence-corrected chi connectivity index (χ4v) is 4.15. The van der Waals surface area contributed by atoms with Gasteiger partial charge in [-0.1, -0.05) is 42.5 Å². The molecule has 1 N–H and O–H groups in total. The Bertz CT molecular complexity index is 1120. The average molecular weight is 446 g/mol. The molecule has 1 unspecified atom stereocenters. The first-order valence-electron chi connectivity index (χ1n) is 11.1. The number of rotatable bonds is 8. The second-order valence-corrected chi connectivity index (χ2v) is 8.08. The van der Waals surface area contributed by atoms with Crippen LogP contribution in [0.1, 0.15) is 33.9 Å². The van der Waals surface area contributed by atoms with Crippen molar-refractivity contribution in [2.75, 3.05) is 27.9 Å². The molecule has 0 radical (unpaired) electrons. The number of hydrogen-bond donors (Lipinski definition) is 1. The lowest BCUT2D eigenvalue weighted by molar-refractivity contribution is 0.283. The summed E-state index contributed by atoms with van der Waals surface area (Å²) < 4.78 is 22.7. The van der Waals surface area contributed by atoms with Crippen LogP contribution in [0.2, 0.25) is 0 Å². The van der Waals surface area contributed by atoms with Gasteiger partial charge in [0.2, 0.25) is 0 Å². The van der Waals surface area contributed by atoms with Crippen LogP contribution in [0, 0.1) is 6.92 Å². The Morgan fingerprint density at radius 3 is 2.30 bits per heavy atom. The third kappa shape index (κ3) is 5.15. The van der Waals surface area contributed by atoms with Gasteiger partial charge in [-0.2, -0.15) is 0 Å². The summed E-state index contributed by atoms with van der Waals surface area (Å²) in [4.78, 5) is 0. The number of ether oxygens (including phenoxy) is 4. The maximum Gasteiger partial charge on any atom is 0.161 e. The molecular formula is C28H31NO4. The molecule has 33 heavy (non-hydrogen) atoms. The maximum absolute atomic E-state index is 6.12. The summed E-state index contributed by atoms with van der Waals surface area (Å²) in [7, 11) is 5.00. The molecule has 4 rings (SSSR count). The van der Waals surface area contributed by atoms with Gasteiger partial charge in [0.05, 0.1) is 27.4 Å². The van der Waals surface area contributed by atoms with Gasteiger partial charge in [0, 0.05) is 6.54 Å². The molecule has 5 nitrogen and oxygen atoms in total. The molecule has 172 valence electrons. The van der Waals surface area contributed by atoms with Crippen molar-refractivity contribution in [1.82, 2.24) is 5.32 Å². The van der Waals surface area contributed by atoms with Crippen LogP contribution in [-0.2, 0) is 13.0 Å². The van der Waals surface area contributed by atoms with Gasteiger partial charge in [-0.15, -0.1) is 0 Å². The molecule has 0 saturated carbocycles. The summed E-state index contributed by atoms with van der Waals surface area (Å²) in [6.07, 6.45) is 5.27. The summed E-state index contributed by atoms with van der Waals surface area (Å²) in [5.74, 6) is 2.98. The molecule has 3 aromatic rings. The normalized spacial score (nSPS) is 15.2. The van der Waals surface area contributed by atoms with E-state index < -0.39 is 0 Å². The monoisotopic (exact) mass is 445 g/mol. The van der Waals surface area contributed by atoms with E-state index >= 15 is 0 Å². The first-order chi connectivity index (χ1) is 16.1. The molecule has 0 aromatic heterocycles. The van der Waals surface area contributed by atoms with Crippen molar-refractivity contribution in [2.45, 2.75) is 26.0 Å². The largest absolute Gasteiger partial charge is 0.493 e. The molecule has 3 aromatic carbocycles. The van der Waals surface area contributed by atoms with E-state index in [9.17, 15) is 0 Å². The quantitative estimate of drug-likeness (QED) is 0.496. The van der Waals surface area contributed by atoms with Crippen LogP contribution in [0.4, 0.5) is 0 Å². The molecule has 5 heteroatoms. The van der Waals surface area contributed by atoms with Gasteiger partial charge in [0.15, 0.2) is 23.0 Å². The van der Waals surface area contributed by atoms with Crippen molar-refractivity contribution < 1.29 is 18.9 Å². The summed E-state index contributed by atoms with van der Waals surface area (Å²) in [5, 5.41) is 3.61. The fourth-order valence-electron chi connectivity index (χ4n) is 4.15. The number of nitrogens with one attached hydrogen (secondary N) is 1.